The number of fused-ring (bicyclic) bond motifs is 1. The molecule has 3 amide bonds. The number of rotatable bonds is 6. The molecule has 9 nitrogen and oxygen atoms in total. The topological polar surface area (TPSA) is 106 Å². The lowest BCUT2D eigenvalue weighted by Crippen LogP contribution is -2.28. The molecule has 5 rings (SSSR count). The van der Waals surface area contributed by atoms with Crippen molar-refractivity contribution in [2.24, 2.45) is 5.92 Å². The van der Waals surface area contributed by atoms with Crippen LogP contribution < -0.4 is 29.7 Å². The minimum atomic E-state index is -0.499. The van der Waals surface area contributed by atoms with E-state index in [0.717, 1.165) is 0 Å². The van der Waals surface area contributed by atoms with E-state index in [9.17, 15) is 14.4 Å². The summed E-state index contributed by atoms with van der Waals surface area (Å²) < 4.78 is 16.0. The average Bonchev–Trinajstić information content (AvgIpc) is 3.50. The highest BCUT2D eigenvalue weighted by Crippen LogP contribution is 2.37. The Labute approximate surface area is 201 Å². The van der Waals surface area contributed by atoms with Crippen molar-refractivity contribution in [3.63, 3.8) is 0 Å². The number of ether oxygens (including phenoxy) is 3. The van der Waals surface area contributed by atoms with Gasteiger partial charge in [-0.1, -0.05) is 12.1 Å². The summed E-state index contributed by atoms with van der Waals surface area (Å²) in [6.07, 6.45) is 0.111. The predicted octanol–water partition coefficient (Wildman–Crippen LogP) is 3.67. The molecule has 2 aliphatic heterocycles. The Morgan fingerprint density at radius 1 is 0.971 bits per heavy atom. The maximum absolute atomic E-state index is 12.8. The smallest absolute Gasteiger partial charge is 0.255 e. The van der Waals surface area contributed by atoms with Crippen LogP contribution in [0.1, 0.15) is 16.8 Å². The molecular weight excluding hydrogens is 450 g/mol. The largest absolute Gasteiger partial charge is 0.495 e. The van der Waals surface area contributed by atoms with Gasteiger partial charge in [0, 0.05) is 36.0 Å². The van der Waals surface area contributed by atoms with Gasteiger partial charge in [-0.15, -0.1) is 0 Å². The summed E-state index contributed by atoms with van der Waals surface area (Å²) in [6, 6.07) is 19.0. The number of amides is 3. The molecule has 0 bridgehead atoms. The van der Waals surface area contributed by atoms with Gasteiger partial charge in [0.25, 0.3) is 5.91 Å². The molecule has 1 saturated heterocycles. The van der Waals surface area contributed by atoms with Crippen molar-refractivity contribution in [1.82, 2.24) is 0 Å². The van der Waals surface area contributed by atoms with Crippen molar-refractivity contribution in [3.05, 3.63) is 72.3 Å². The molecule has 0 aromatic heterocycles. The number of methoxy groups -OCH3 is 1. The molecule has 3 aromatic rings. The molecule has 2 heterocycles. The minimum Gasteiger partial charge on any atom is -0.495 e. The molecule has 1 atom stereocenters. The SMILES string of the molecule is COc1ccccc1NC(=O)c1ccc(NC(=O)C2CC(=O)N(c3ccc4c(c3)OCO4)C2)cc1. The van der Waals surface area contributed by atoms with Crippen molar-refractivity contribution >= 4 is 34.8 Å². The van der Waals surface area contributed by atoms with Gasteiger partial charge in [-0.3, -0.25) is 14.4 Å². The number of carbonyl (C=O) groups excluding carboxylic acids is 3. The van der Waals surface area contributed by atoms with Crippen LogP contribution in [0.5, 0.6) is 17.2 Å². The number of para-hydroxylation sites is 2. The zero-order valence-electron chi connectivity index (χ0n) is 18.9. The van der Waals surface area contributed by atoms with E-state index in [4.69, 9.17) is 14.2 Å². The fourth-order valence-electron chi connectivity index (χ4n) is 4.08. The third-order valence-corrected chi connectivity index (χ3v) is 5.93. The highest BCUT2D eigenvalue weighted by Gasteiger charge is 2.35. The fourth-order valence-corrected chi connectivity index (χ4v) is 4.08. The zero-order chi connectivity index (χ0) is 24.4. The number of hydrogen-bond donors (Lipinski definition) is 2. The molecule has 0 aliphatic carbocycles. The third-order valence-electron chi connectivity index (χ3n) is 5.93. The van der Waals surface area contributed by atoms with Crippen LogP contribution in [0.3, 0.4) is 0 Å². The summed E-state index contributed by atoms with van der Waals surface area (Å²) in [7, 11) is 1.54. The minimum absolute atomic E-state index is 0.111. The van der Waals surface area contributed by atoms with Gasteiger partial charge in [-0.05, 0) is 48.5 Å². The first-order chi connectivity index (χ1) is 17.0. The summed E-state index contributed by atoms with van der Waals surface area (Å²) in [5.41, 5.74) is 2.20. The average molecular weight is 473 g/mol. The van der Waals surface area contributed by atoms with Crippen molar-refractivity contribution < 1.29 is 28.6 Å². The Morgan fingerprint density at radius 2 is 1.74 bits per heavy atom. The first kappa shape index (κ1) is 22.3. The Morgan fingerprint density at radius 3 is 2.54 bits per heavy atom. The van der Waals surface area contributed by atoms with E-state index >= 15 is 0 Å². The molecule has 2 aliphatic rings. The van der Waals surface area contributed by atoms with Crippen LogP contribution in [-0.2, 0) is 9.59 Å². The van der Waals surface area contributed by atoms with Crippen LogP contribution in [-0.4, -0.2) is 38.2 Å². The van der Waals surface area contributed by atoms with Gasteiger partial charge >= 0.3 is 0 Å². The van der Waals surface area contributed by atoms with Crippen LogP contribution in [0.15, 0.2) is 66.7 Å². The third kappa shape index (κ3) is 4.61. The number of nitrogens with one attached hydrogen (secondary N) is 2. The van der Waals surface area contributed by atoms with E-state index in [0.29, 0.717) is 39.9 Å². The van der Waals surface area contributed by atoms with Crippen LogP contribution in [0.4, 0.5) is 17.1 Å². The molecule has 2 N–H and O–H groups in total. The highest BCUT2D eigenvalue weighted by atomic mass is 16.7. The van der Waals surface area contributed by atoms with Gasteiger partial charge in [-0.2, -0.15) is 0 Å². The van der Waals surface area contributed by atoms with E-state index in [2.05, 4.69) is 10.6 Å². The zero-order valence-corrected chi connectivity index (χ0v) is 18.9. The summed E-state index contributed by atoms with van der Waals surface area (Å²) in [6.45, 7) is 0.419. The second-order valence-electron chi connectivity index (χ2n) is 8.16. The quantitative estimate of drug-likeness (QED) is 0.566. The van der Waals surface area contributed by atoms with E-state index in [1.165, 1.54) is 7.11 Å². The van der Waals surface area contributed by atoms with Crippen molar-refractivity contribution in [2.45, 2.75) is 6.42 Å². The Bertz CT molecular complexity index is 1290. The number of hydrogen-bond acceptors (Lipinski definition) is 6. The second-order valence-corrected chi connectivity index (χ2v) is 8.16. The standard InChI is InChI=1S/C26H23N3O6/c1-33-21-5-3-2-4-20(21)28-25(31)16-6-8-18(9-7-16)27-26(32)17-12-24(30)29(14-17)19-10-11-22-23(13-19)35-15-34-22/h2-11,13,17H,12,14-15H2,1H3,(H,27,32)(H,28,31). The molecule has 35 heavy (non-hydrogen) atoms. The number of anilines is 3. The van der Waals surface area contributed by atoms with Crippen LogP contribution in [0.25, 0.3) is 0 Å². The maximum Gasteiger partial charge on any atom is 0.255 e. The van der Waals surface area contributed by atoms with Gasteiger partial charge in [0.05, 0.1) is 18.7 Å². The summed E-state index contributed by atoms with van der Waals surface area (Å²) >= 11 is 0. The molecular formula is C26H23N3O6. The number of carbonyl (C=O) groups is 3. The van der Waals surface area contributed by atoms with Crippen LogP contribution in [0, 0.1) is 5.92 Å². The van der Waals surface area contributed by atoms with E-state index in [1.807, 2.05) is 6.07 Å². The van der Waals surface area contributed by atoms with E-state index < -0.39 is 5.92 Å². The van der Waals surface area contributed by atoms with Crippen molar-refractivity contribution in [2.75, 3.05) is 36.0 Å². The van der Waals surface area contributed by atoms with Crippen molar-refractivity contribution in [1.29, 1.82) is 0 Å². The summed E-state index contributed by atoms with van der Waals surface area (Å²) in [4.78, 5) is 39.6. The van der Waals surface area contributed by atoms with Crippen LogP contribution >= 0.6 is 0 Å². The molecule has 1 unspecified atom stereocenters. The molecule has 1 fully saturated rings. The first-order valence-corrected chi connectivity index (χ1v) is 11.1. The lowest BCUT2D eigenvalue weighted by Gasteiger charge is -2.17. The fraction of sp³-hybridized carbons (Fsp3) is 0.192. The molecule has 9 heteroatoms. The van der Waals surface area contributed by atoms with Gasteiger partial charge < -0.3 is 29.7 Å². The van der Waals surface area contributed by atoms with E-state index in [-0.39, 0.29) is 37.5 Å². The monoisotopic (exact) mass is 473 g/mol. The Kier molecular flexibility index (Phi) is 5.97. The van der Waals surface area contributed by atoms with Gasteiger partial charge in [0.1, 0.15) is 5.75 Å². The Hall–Kier alpha value is -4.53. The number of nitrogens with zero attached hydrogens (tertiary/aromatic N) is 1. The molecule has 0 spiro atoms. The predicted molar refractivity (Wildman–Crippen MR) is 129 cm³/mol. The molecule has 3 aromatic carbocycles. The maximum atomic E-state index is 12.8. The van der Waals surface area contributed by atoms with Gasteiger partial charge in [0.2, 0.25) is 18.6 Å². The van der Waals surface area contributed by atoms with Crippen molar-refractivity contribution in [3.8, 4) is 17.2 Å². The Balaban J connectivity index is 1.20. The lowest BCUT2D eigenvalue weighted by atomic mass is 10.1. The molecule has 0 radical (unpaired) electrons. The highest BCUT2D eigenvalue weighted by molar-refractivity contribution is 6.06. The normalized spacial score (nSPS) is 16.2. The second kappa shape index (κ2) is 9.38. The molecule has 178 valence electrons. The summed E-state index contributed by atoms with van der Waals surface area (Å²) in [5, 5.41) is 5.65. The number of benzene rings is 3. The molecule has 0 saturated carbocycles. The van der Waals surface area contributed by atoms with E-state index in [1.54, 1.807) is 65.6 Å². The summed E-state index contributed by atoms with van der Waals surface area (Å²) in [5.74, 6) is 0.591. The van der Waals surface area contributed by atoms with Gasteiger partial charge in [-0.25, -0.2) is 0 Å². The lowest BCUT2D eigenvalue weighted by molar-refractivity contribution is -0.122. The van der Waals surface area contributed by atoms with Crippen LogP contribution in [0.2, 0.25) is 0 Å². The first-order valence-electron chi connectivity index (χ1n) is 11.1. The van der Waals surface area contributed by atoms with Gasteiger partial charge in [0.15, 0.2) is 11.5 Å².